The molecule has 1 aromatic heterocycles. The molecule has 3 aromatic rings. The van der Waals surface area contributed by atoms with Gasteiger partial charge in [-0.15, -0.1) is 0 Å². The highest BCUT2D eigenvalue weighted by molar-refractivity contribution is 6.04. The number of nitrogens with one attached hydrogen (secondary N) is 2. The van der Waals surface area contributed by atoms with Gasteiger partial charge >= 0.3 is 0 Å². The van der Waals surface area contributed by atoms with E-state index in [0.717, 1.165) is 34.6 Å². The van der Waals surface area contributed by atoms with Gasteiger partial charge in [0.05, 0.1) is 0 Å². The molecule has 5 nitrogen and oxygen atoms in total. The molecule has 5 heteroatoms. The summed E-state index contributed by atoms with van der Waals surface area (Å²) in [6.45, 7) is 7.91. The lowest BCUT2D eigenvalue weighted by atomic mass is 10.1. The summed E-state index contributed by atoms with van der Waals surface area (Å²) < 4.78 is 0. The Morgan fingerprint density at radius 3 is 2.26 bits per heavy atom. The molecular formula is C22H24N4O. The Labute approximate surface area is 159 Å². The maximum Gasteiger partial charge on any atom is 0.274 e. The predicted octanol–water partition coefficient (Wildman–Crippen LogP) is 4.96. The topological polar surface area (TPSA) is 66.9 Å². The molecule has 0 fully saturated rings. The van der Waals surface area contributed by atoms with Crippen molar-refractivity contribution in [3.63, 3.8) is 0 Å². The van der Waals surface area contributed by atoms with E-state index >= 15 is 0 Å². The number of benzene rings is 2. The third-order valence-electron chi connectivity index (χ3n) is 4.42. The van der Waals surface area contributed by atoms with Crippen molar-refractivity contribution in [3.05, 3.63) is 76.6 Å². The number of rotatable bonds is 5. The highest BCUT2D eigenvalue weighted by Gasteiger charge is 2.13. The van der Waals surface area contributed by atoms with Crippen molar-refractivity contribution >= 4 is 23.2 Å². The Kier molecular flexibility index (Phi) is 5.50. The van der Waals surface area contributed by atoms with Gasteiger partial charge in [-0.3, -0.25) is 4.79 Å². The zero-order chi connectivity index (χ0) is 19.4. The van der Waals surface area contributed by atoms with Crippen LogP contribution in [0.5, 0.6) is 0 Å². The Balaban J connectivity index is 1.82. The second-order valence-electron chi connectivity index (χ2n) is 6.61. The van der Waals surface area contributed by atoms with E-state index in [-0.39, 0.29) is 5.91 Å². The highest BCUT2D eigenvalue weighted by atomic mass is 16.1. The van der Waals surface area contributed by atoms with E-state index < -0.39 is 0 Å². The molecular weight excluding hydrogens is 336 g/mol. The molecule has 138 valence electrons. The van der Waals surface area contributed by atoms with Crippen LogP contribution in [0.1, 0.15) is 39.8 Å². The van der Waals surface area contributed by atoms with Gasteiger partial charge in [-0.1, -0.05) is 37.3 Å². The summed E-state index contributed by atoms with van der Waals surface area (Å²) in [6.07, 6.45) is 0.990. The highest BCUT2D eigenvalue weighted by Crippen LogP contribution is 2.21. The summed E-state index contributed by atoms with van der Waals surface area (Å²) in [5, 5.41) is 6.15. The number of aryl methyl sites for hydroxylation is 4. The minimum atomic E-state index is -0.248. The predicted molar refractivity (Wildman–Crippen MR) is 110 cm³/mol. The fourth-order valence-corrected chi connectivity index (χ4v) is 2.88. The molecule has 0 saturated heterocycles. The van der Waals surface area contributed by atoms with Crippen LogP contribution in [0.25, 0.3) is 0 Å². The molecule has 0 aliphatic heterocycles. The number of hydrogen-bond acceptors (Lipinski definition) is 4. The first-order chi connectivity index (χ1) is 13.0. The minimum absolute atomic E-state index is 0.248. The van der Waals surface area contributed by atoms with Crippen molar-refractivity contribution in [1.82, 2.24) is 9.97 Å². The summed E-state index contributed by atoms with van der Waals surface area (Å²) in [6, 6.07) is 15.7. The lowest BCUT2D eigenvalue weighted by molar-refractivity contribution is 0.102. The minimum Gasteiger partial charge on any atom is -0.324 e. The van der Waals surface area contributed by atoms with E-state index in [2.05, 4.69) is 39.7 Å². The van der Waals surface area contributed by atoms with E-state index in [1.165, 1.54) is 5.56 Å². The SMILES string of the molecule is CCc1ccc(Nc2nc(C)cc(C(=O)Nc3c(C)cccc3C)n2)cc1. The van der Waals surface area contributed by atoms with Crippen LogP contribution < -0.4 is 10.6 Å². The van der Waals surface area contributed by atoms with Crippen molar-refractivity contribution in [2.24, 2.45) is 0 Å². The number of carbonyl (C=O) groups excluding carboxylic acids is 1. The quantitative estimate of drug-likeness (QED) is 0.675. The lowest BCUT2D eigenvalue weighted by Crippen LogP contribution is -2.17. The summed E-state index contributed by atoms with van der Waals surface area (Å²) in [4.78, 5) is 21.5. The second-order valence-corrected chi connectivity index (χ2v) is 6.61. The average molecular weight is 360 g/mol. The van der Waals surface area contributed by atoms with Gasteiger partial charge < -0.3 is 10.6 Å². The number of anilines is 3. The molecule has 0 spiro atoms. The summed E-state index contributed by atoms with van der Waals surface area (Å²) in [5.41, 5.74) is 6.07. The first-order valence-corrected chi connectivity index (χ1v) is 9.05. The zero-order valence-electron chi connectivity index (χ0n) is 16.1. The van der Waals surface area contributed by atoms with Crippen LogP contribution in [0.3, 0.4) is 0 Å². The van der Waals surface area contributed by atoms with Gasteiger partial charge in [-0.25, -0.2) is 9.97 Å². The van der Waals surface area contributed by atoms with E-state index in [4.69, 9.17) is 0 Å². The molecule has 0 radical (unpaired) electrons. The van der Waals surface area contributed by atoms with Gasteiger partial charge in [-0.05, 0) is 62.1 Å². The number of amides is 1. The third kappa shape index (κ3) is 4.50. The average Bonchev–Trinajstić information content (AvgIpc) is 2.65. The maximum atomic E-state index is 12.7. The van der Waals surface area contributed by atoms with Crippen molar-refractivity contribution in [1.29, 1.82) is 0 Å². The van der Waals surface area contributed by atoms with Crippen LogP contribution in [0, 0.1) is 20.8 Å². The Hall–Kier alpha value is -3.21. The molecule has 0 aliphatic rings. The number of hydrogen-bond donors (Lipinski definition) is 2. The summed E-state index contributed by atoms with van der Waals surface area (Å²) in [5.74, 6) is 0.160. The fourth-order valence-electron chi connectivity index (χ4n) is 2.88. The van der Waals surface area contributed by atoms with Crippen LogP contribution in [-0.2, 0) is 6.42 Å². The molecule has 0 bridgehead atoms. The lowest BCUT2D eigenvalue weighted by Gasteiger charge is -2.12. The van der Waals surface area contributed by atoms with Gasteiger partial charge in [0.25, 0.3) is 5.91 Å². The molecule has 0 unspecified atom stereocenters. The Morgan fingerprint density at radius 1 is 0.963 bits per heavy atom. The molecule has 1 heterocycles. The zero-order valence-corrected chi connectivity index (χ0v) is 16.1. The van der Waals surface area contributed by atoms with Crippen LogP contribution in [0.15, 0.2) is 48.5 Å². The molecule has 27 heavy (non-hydrogen) atoms. The van der Waals surface area contributed by atoms with Gasteiger partial charge in [0.1, 0.15) is 5.69 Å². The third-order valence-corrected chi connectivity index (χ3v) is 4.42. The largest absolute Gasteiger partial charge is 0.324 e. The standard InChI is InChI=1S/C22H24N4O/c1-5-17-9-11-18(12-10-17)24-22-23-16(4)13-19(25-22)21(27)26-20-14(2)7-6-8-15(20)3/h6-13H,5H2,1-4H3,(H,26,27)(H,23,24,25). The van der Waals surface area contributed by atoms with Crippen LogP contribution in [-0.4, -0.2) is 15.9 Å². The number of para-hydroxylation sites is 1. The molecule has 3 rings (SSSR count). The van der Waals surface area contributed by atoms with E-state index in [0.29, 0.717) is 11.6 Å². The van der Waals surface area contributed by atoms with Crippen LogP contribution in [0.2, 0.25) is 0 Å². The van der Waals surface area contributed by atoms with Gasteiger partial charge in [0.2, 0.25) is 5.95 Å². The number of carbonyl (C=O) groups is 1. The fraction of sp³-hybridized carbons (Fsp3) is 0.227. The van der Waals surface area contributed by atoms with Crippen molar-refractivity contribution in [3.8, 4) is 0 Å². The van der Waals surface area contributed by atoms with Gasteiger partial charge in [0.15, 0.2) is 0 Å². The molecule has 0 saturated carbocycles. The van der Waals surface area contributed by atoms with Crippen molar-refractivity contribution < 1.29 is 4.79 Å². The first kappa shape index (κ1) is 18.6. The van der Waals surface area contributed by atoms with Crippen LogP contribution >= 0.6 is 0 Å². The van der Waals surface area contributed by atoms with E-state index in [9.17, 15) is 4.79 Å². The second kappa shape index (κ2) is 7.99. The van der Waals surface area contributed by atoms with Gasteiger partial charge in [0, 0.05) is 17.1 Å². The summed E-state index contributed by atoms with van der Waals surface area (Å²) in [7, 11) is 0. The normalized spacial score (nSPS) is 10.5. The molecule has 0 aliphatic carbocycles. The smallest absolute Gasteiger partial charge is 0.274 e. The number of aromatic nitrogens is 2. The summed E-state index contributed by atoms with van der Waals surface area (Å²) >= 11 is 0. The molecule has 2 N–H and O–H groups in total. The van der Waals surface area contributed by atoms with E-state index in [1.54, 1.807) is 6.07 Å². The number of nitrogens with zero attached hydrogens (tertiary/aromatic N) is 2. The molecule has 2 aromatic carbocycles. The molecule has 1 amide bonds. The Bertz CT molecular complexity index is 944. The van der Waals surface area contributed by atoms with Gasteiger partial charge in [-0.2, -0.15) is 0 Å². The van der Waals surface area contributed by atoms with Crippen molar-refractivity contribution in [2.75, 3.05) is 10.6 Å². The Morgan fingerprint density at radius 2 is 1.63 bits per heavy atom. The van der Waals surface area contributed by atoms with Crippen molar-refractivity contribution in [2.45, 2.75) is 34.1 Å². The van der Waals surface area contributed by atoms with E-state index in [1.807, 2.05) is 51.1 Å². The van der Waals surface area contributed by atoms with Crippen LogP contribution in [0.4, 0.5) is 17.3 Å². The maximum absolute atomic E-state index is 12.7. The monoisotopic (exact) mass is 360 g/mol. The first-order valence-electron chi connectivity index (χ1n) is 9.05. The molecule has 0 atom stereocenters.